The highest BCUT2D eigenvalue weighted by molar-refractivity contribution is 9.10. The van der Waals surface area contributed by atoms with E-state index in [0.29, 0.717) is 5.95 Å². The van der Waals surface area contributed by atoms with E-state index >= 15 is 0 Å². The lowest BCUT2D eigenvalue weighted by Crippen LogP contribution is -2.60. The number of hydrogen-bond donors (Lipinski definition) is 1. The van der Waals surface area contributed by atoms with Crippen molar-refractivity contribution in [2.45, 2.75) is 12.1 Å². The number of benzene rings is 2. The Morgan fingerprint density at radius 1 is 1.04 bits per heavy atom. The van der Waals surface area contributed by atoms with E-state index in [1.54, 1.807) is 0 Å². The average molecular weight is 433 g/mol. The van der Waals surface area contributed by atoms with Crippen LogP contribution in [0.15, 0.2) is 77.3 Å². The summed E-state index contributed by atoms with van der Waals surface area (Å²) >= 11 is 3.55. The number of aromatic nitrogens is 2. The fourth-order valence-electron chi connectivity index (χ4n) is 3.76. The molecular weight excluding hydrogens is 416 g/mol. The maximum absolute atomic E-state index is 12.3. The van der Waals surface area contributed by atoms with Crippen LogP contribution < -0.4 is 10.2 Å². The summed E-state index contributed by atoms with van der Waals surface area (Å²) in [6.45, 7) is 0.232. The van der Waals surface area contributed by atoms with Crippen LogP contribution in [0.2, 0.25) is 0 Å². The summed E-state index contributed by atoms with van der Waals surface area (Å²) in [4.78, 5) is 24.0. The molecule has 0 radical (unpaired) electrons. The predicted molar refractivity (Wildman–Crippen MR) is 114 cm³/mol. The van der Waals surface area contributed by atoms with Crippen molar-refractivity contribution in [2.75, 3.05) is 11.4 Å². The molecule has 1 aliphatic heterocycles. The monoisotopic (exact) mass is 432 g/mol. The van der Waals surface area contributed by atoms with Crippen molar-refractivity contribution in [1.29, 1.82) is 0 Å². The minimum atomic E-state index is -0.0735. The van der Waals surface area contributed by atoms with Gasteiger partial charge in [-0.3, -0.25) is 4.79 Å². The van der Waals surface area contributed by atoms with Gasteiger partial charge in [0, 0.05) is 15.4 Å². The summed E-state index contributed by atoms with van der Waals surface area (Å²) < 4.78 is 0.978. The zero-order valence-corrected chi connectivity index (χ0v) is 16.5. The maximum Gasteiger partial charge on any atom is 0.240 e. The van der Waals surface area contributed by atoms with Crippen LogP contribution in [0.25, 0.3) is 22.2 Å². The van der Waals surface area contributed by atoms with Gasteiger partial charge >= 0.3 is 0 Å². The molecule has 0 spiro atoms. The van der Waals surface area contributed by atoms with Gasteiger partial charge in [0.25, 0.3) is 0 Å². The molecule has 0 saturated carbocycles. The molecule has 1 amide bonds. The second kappa shape index (κ2) is 6.87. The number of rotatable bonds is 2. The molecule has 6 heteroatoms. The van der Waals surface area contributed by atoms with Crippen LogP contribution in [0, 0.1) is 0 Å². The number of amides is 1. The van der Waals surface area contributed by atoms with Gasteiger partial charge in [-0.2, -0.15) is 0 Å². The number of piperazine rings is 1. The van der Waals surface area contributed by atoms with Gasteiger partial charge in [-0.25, -0.2) is 9.97 Å². The van der Waals surface area contributed by atoms with Crippen LogP contribution in [0.1, 0.15) is 0 Å². The third-order valence-electron chi connectivity index (χ3n) is 5.06. The maximum atomic E-state index is 12.3. The van der Waals surface area contributed by atoms with Gasteiger partial charge < -0.3 is 10.2 Å². The van der Waals surface area contributed by atoms with E-state index < -0.39 is 0 Å². The first-order valence-electron chi connectivity index (χ1n) is 9.13. The zero-order chi connectivity index (χ0) is 19.1. The first-order valence-corrected chi connectivity index (χ1v) is 9.92. The second-order valence-corrected chi connectivity index (χ2v) is 7.80. The summed E-state index contributed by atoms with van der Waals surface area (Å²) in [5.74, 6) is 0.542. The standard InChI is InChI=1S/C22H17BrN4O/c23-15-10-11-17-16(12-15)21(14-6-2-1-3-7-14)26-22(25-17)27-13-20(28)24-18-8-4-5-9-19(18)27/h1-12,18-19H,13H2,(H,24,28)/t18-,19+/m0/s1. The number of fused-ring (bicyclic) bond motifs is 2. The van der Waals surface area contributed by atoms with Crippen LogP contribution >= 0.6 is 15.9 Å². The minimum Gasteiger partial charge on any atom is -0.346 e. The summed E-state index contributed by atoms with van der Waals surface area (Å²) in [6, 6.07) is 16.0. The third kappa shape index (κ3) is 2.99. The number of halogens is 1. The SMILES string of the molecule is O=C1CN(c2nc(-c3ccccc3)c3cc(Br)ccc3n2)[C@@H]2C=CC=C[C@@H]2N1. The Morgan fingerprint density at radius 3 is 2.71 bits per heavy atom. The molecule has 0 bridgehead atoms. The number of carbonyl (C=O) groups is 1. The lowest BCUT2D eigenvalue weighted by molar-refractivity contribution is -0.121. The molecule has 2 aromatic carbocycles. The van der Waals surface area contributed by atoms with Gasteiger partial charge in [-0.15, -0.1) is 0 Å². The quantitative estimate of drug-likeness (QED) is 0.667. The highest BCUT2D eigenvalue weighted by Crippen LogP contribution is 2.31. The van der Waals surface area contributed by atoms with E-state index in [-0.39, 0.29) is 24.5 Å². The molecule has 1 aliphatic carbocycles. The number of nitrogens with one attached hydrogen (secondary N) is 1. The van der Waals surface area contributed by atoms with E-state index in [0.717, 1.165) is 26.6 Å². The van der Waals surface area contributed by atoms with E-state index in [1.807, 2.05) is 71.7 Å². The number of allylic oxidation sites excluding steroid dienone is 2. The largest absolute Gasteiger partial charge is 0.346 e. The Bertz CT molecular complexity index is 1130. The van der Waals surface area contributed by atoms with Gasteiger partial charge in [0.1, 0.15) is 6.54 Å². The van der Waals surface area contributed by atoms with Gasteiger partial charge in [0.2, 0.25) is 11.9 Å². The predicted octanol–water partition coefficient (Wildman–Crippen LogP) is 3.86. The Balaban J connectivity index is 1.70. The van der Waals surface area contributed by atoms with Crippen LogP contribution in [0.4, 0.5) is 5.95 Å². The van der Waals surface area contributed by atoms with Crippen molar-refractivity contribution in [1.82, 2.24) is 15.3 Å². The Labute approximate surface area is 170 Å². The number of carbonyl (C=O) groups excluding carboxylic acids is 1. The van der Waals surface area contributed by atoms with E-state index in [9.17, 15) is 4.79 Å². The van der Waals surface area contributed by atoms with E-state index in [2.05, 4.69) is 27.3 Å². The molecule has 2 heterocycles. The molecule has 1 N–H and O–H groups in total. The zero-order valence-electron chi connectivity index (χ0n) is 14.9. The lowest BCUT2D eigenvalue weighted by atomic mass is 9.99. The molecular formula is C22H17BrN4O. The first-order chi connectivity index (χ1) is 13.7. The van der Waals surface area contributed by atoms with Gasteiger partial charge in [-0.1, -0.05) is 70.6 Å². The number of hydrogen-bond acceptors (Lipinski definition) is 4. The average Bonchev–Trinajstić information content (AvgIpc) is 2.73. The molecule has 1 aromatic heterocycles. The summed E-state index contributed by atoms with van der Waals surface area (Å²) in [5.41, 5.74) is 2.73. The van der Waals surface area contributed by atoms with Gasteiger partial charge in [-0.05, 0) is 18.2 Å². The van der Waals surface area contributed by atoms with Crippen LogP contribution in [-0.2, 0) is 4.79 Å². The topological polar surface area (TPSA) is 58.1 Å². The third-order valence-corrected chi connectivity index (χ3v) is 5.55. The summed E-state index contributed by atoms with van der Waals surface area (Å²) in [7, 11) is 0. The van der Waals surface area contributed by atoms with Crippen molar-refractivity contribution in [3.63, 3.8) is 0 Å². The Hall–Kier alpha value is -2.99. The van der Waals surface area contributed by atoms with Crippen molar-refractivity contribution in [3.8, 4) is 11.3 Å². The highest BCUT2D eigenvalue weighted by atomic mass is 79.9. The minimum absolute atomic E-state index is 0.000721. The molecule has 0 unspecified atom stereocenters. The smallest absolute Gasteiger partial charge is 0.240 e. The molecule has 138 valence electrons. The molecule has 5 nitrogen and oxygen atoms in total. The lowest BCUT2D eigenvalue weighted by Gasteiger charge is -2.39. The van der Waals surface area contributed by atoms with Crippen molar-refractivity contribution in [3.05, 3.63) is 77.3 Å². The summed E-state index contributed by atoms with van der Waals surface area (Å²) in [5, 5.41) is 4.00. The second-order valence-electron chi connectivity index (χ2n) is 6.88. The molecule has 2 aliphatic rings. The molecule has 1 saturated heterocycles. The van der Waals surface area contributed by atoms with Crippen LogP contribution in [0.3, 0.4) is 0 Å². The van der Waals surface area contributed by atoms with Crippen molar-refractivity contribution < 1.29 is 4.79 Å². The molecule has 5 rings (SSSR count). The van der Waals surface area contributed by atoms with E-state index in [1.165, 1.54) is 0 Å². The number of nitrogens with zero attached hydrogens (tertiary/aromatic N) is 3. The van der Waals surface area contributed by atoms with Crippen molar-refractivity contribution in [2.24, 2.45) is 0 Å². The van der Waals surface area contributed by atoms with Crippen LogP contribution in [0.5, 0.6) is 0 Å². The van der Waals surface area contributed by atoms with Crippen LogP contribution in [-0.4, -0.2) is 34.5 Å². The molecule has 28 heavy (non-hydrogen) atoms. The molecule has 3 aromatic rings. The molecule has 2 atom stereocenters. The Morgan fingerprint density at radius 2 is 1.86 bits per heavy atom. The summed E-state index contributed by atoms with van der Waals surface area (Å²) in [6.07, 6.45) is 8.05. The van der Waals surface area contributed by atoms with Crippen molar-refractivity contribution >= 4 is 38.7 Å². The number of anilines is 1. The fourth-order valence-corrected chi connectivity index (χ4v) is 4.12. The normalized spacial score (nSPS) is 20.9. The first kappa shape index (κ1) is 17.1. The highest BCUT2D eigenvalue weighted by Gasteiger charge is 2.34. The molecule has 1 fully saturated rings. The Kier molecular flexibility index (Phi) is 4.20. The van der Waals surface area contributed by atoms with Gasteiger partial charge in [0.15, 0.2) is 0 Å². The fraction of sp³-hybridized carbons (Fsp3) is 0.136. The van der Waals surface area contributed by atoms with E-state index in [4.69, 9.17) is 9.97 Å². The van der Waals surface area contributed by atoms with Gasteiger partial charge in [0.05, 0.1) is 23.3 Å².